The van der Waals surface area contributed by atoms with E-state index < -0.39 is 17.9 Å². The summed E-state index contributed by atoms with van der Waals surface area (Å²) in [6.45, 7) is 9.90. The molecule has 0 aliphatic heterocycles. The fraction of sp³-hybridized carbons (Fsp3) is 0.700. The zero-order chi connectivity index (χ0) is 11.4. The van der Waals surface area contributed by atoms with E-state index in [9.17, 15) is 9.90 Å². The summed E-state index contributed by atoms with van der Waals surface area (Å²) in [4.78, 5) is 11.0. The first-order valence-corrected chi connectivity index (χ1v) is 4.45. The van der Waals surface area contributed by atoms with E-state index >= 15 is 0 Å². The van der Waals surface area contributed by atoms with Gasteiger partial charge in [0.1, 0.15) is 6.10 Å². The van der Waals surface area contributed by atoms with Crippen molar-refractivity contribution in [1.29, 1.82) is 0 Å². The van der Waals surface area contributed by atoms with E-state index in [0.717, 1.165) is 0 Å². The van der Waals surface area contributed by atoms with E-state index in [1.54, 1.807) is 13.8 Å². The highest BCUT2D eigenvalue weighted by molar-refractivity contribution is 5.87. The standard InChI is InChI=1S/C10H18O4/c1-7(2)9(11)14-8(3)6-13-10(4,5)12/h8,12H,1,6H2,2-5H3. The molecular formula is C10H18O4. The first-order chi connectivity index (χ1) is 6.22. The third kappa shape index (κ3) is 6.62. The van der Waals surface area contributed by atoms with Crippen molar-refractivity contribution in [1.82, 2.24) is 0 Å². The van der Waals surface area contributed by atoms with E-state index in [0.29, 0.717) is 5.57 Å². The van der Waals surface area contributed by atoms with Crippen molar-refractivity contribution in [3.8, 4) is 0 Å². The maximum absolute atomic E-state index is 11.0. The van der Waals surface area contributed by atoms with E-state index in [1.807, 2.05) is 0 Å². The van der Waals surface area contributed by atoms with Gasteiger partial charge in [-0.2, -0.15) is 0 Å². The molecule has 0 fully saturated rings. The van der Waals surface area contributed by atoms with Gasteiger partial charge in [0.05, 0.1) is 6.61 Å². The van der Waals surface area contributed by atoms with E-state index in [1.165, 1.54) is 13.8 Å². The highest BCUT2D eigenvalue weighted by Crippen LogP contribution is 2.06. The van der Waals surface area contributed by atoms with Crippen LogP contribution in [-0.2, 0) is 14.3 Å². The normalized spacial score (nSPS) is 13.5. The monoisotopic (exact) mass is 202 g/mol. The molecule has 0 spiro atoms. The van der Waals surface area contributed by atoms with Crippen LogP contribution in [0.5, 0.6) is 0 Å². The quantitative estimate of drug-likeness (QED) is 0.414. The van der Waals surface area contributed by atoms with Crippen molar-refractivity contribution in [2.45, 2.75) is 39.6 Å². The number of hydrogen-bond acceptors (Lipinski definition) is 4. The van der Waals surface area contributed by atoms with Crippen LogP contribution in [0, 0.1) is 0 Å². The molecule has 82 valence electrons. The molecule has 0 aliphatic rings. The summed E-state index contributed by atoms with van der Waals surface area (Å²) < 4.78 is 9.95. The molecule has 0 aromatic carbocycles. The molecule has 4 heteroatoms. The van der Waals surface area contributed by atoms with Gasteiger partial charge >= 0.3 is 5.97 Å². The lowest BCUT2D eigenvalue weighted by atomic mass is 10.3. The van der Waals surface area contributed by atoms with Gasteiger partial charge in [0, 0.05) is 5.57 Å². The molecule has 1 N–H and O–H groups in total. The van der Waals surface area contributed by atoms with Crippen LogP contribution in [0.2, 0.25) is 0 Å². The maximum Gasteiger partial charge on any atom is 0.333 e. The Kier molecular flexibility index (Phi) is 4.80. The zero-order valence-electron chi connectivity index (χ0n) is 9.16. The molecule has 0 radical (unpaired) electrons. The summed E-state index contributed by atoms with van der Waals surface area (Å²) in [6.07, 6.45) is -0.398. The third-order valence-corrected chi connectivity index (χ3v) is 1.33. The predicted octanol–water partition coefficient (Wildman–Crippen LogP) is 1.24. The van der Waals surface area contributed by atoms with Gasteiger partial charge in [0.15, 0.2) is 5.79 Å². The first kappa shape index (κ1) is 13.1. The summed E-state index contributed by atoms with van der Waals surface area (Å²) in [5.74, 6) is -1.65. The second-order valence-corrected chi connectivity index (χ2v) is 3.75. The molecule has 14 heavy (non-hydrogen) atoms. The van der Waals surface area contributed by atoms with Gasteiger partial charge < -0.3 is 14.6 Å². The lowest BCUT2D eigenvalue weighted by Crippen LogP contribution is -2.29. The number of carbonyl (C=O) groups excluding carboxylic acids is 1. The maximum atomic E-state index is 11.0. The molecule has 1 unspecified atom stereocenters. The molecule has 0 heterocycles. The molecule has 0 aliphatic carbocycles. The van der Waals surface area contributed by atoms with Crippen LogP contribution in [0.15, 0.2) is 12.2 Å². The van der Waals surface area contributed by atoms with Crippen LogP contribution in [0.25, 0.3) is 0 Å². The minimum Gasteiger partial charge on any atom is -0.457 e. The summed E-state index contributed by atoms with van der Waals surface area (Å²) in [5, 5.41) is 9.23. The Morgan fingerprint density at radius 1 is 1.57 bits per heavy atom. The number of hydrogen-bond donors (Lipinski definition) is 1. The van der Waals surface area contributed by atoms with Crippen LogP contribution >= 0.6 is 0 Å². The average molecular weight is 202 g/mol. The Bertz CT molecular complexity index is 215. The zero-order valence-corrected chi connectivity index (χ0v) is 9.16. The summed E-state index contributed by atoms with van der Waals surface area (Å²) in [5.41, 5.74) is 0.347. The van der Waals surface area contributed by atoms with Crippen molar-refractivity contribution in [2.24, 2.45) is 0 Å². The molecule has 0 bridgehead atoms. The summed E-state index contributed by atoms with van der Waals surface area (Å²) in [7, 11) is 0. The first-order valence-electron chi connectivity index (χ1n) is 4.45. The van der Waals surface area contributed by atoms with Crippen molar-refractivity contribution in [3.05, 3.63) is 12.2 Å². The fourth-order valence-electron chi connectivity index (χ4n) is 0.639. The van der Waals surface area contributed by atoms with Gasteiger partial charge in [0.25, 0.3) is 0 Å². The number of rotatable bonds is 5. The fourth-order valence-corrected chi connectivity index (χ4v) is 0.639. The van der Waals surface area contributed by atoms with E-state index in [-0.39, 0.29) is 6.61 Å². The second-order valence-electron chi connectivity index (χ2n) is 3.75. The molecule has 0 saturated heterocycles. The topological polar surface area (TPSA) is 55.8 Å². The van der Waals surface area contributed by atoms with Gasteiger partial charge in [-0.05, 0) is 27.7 Å². The third-order valence-electron chi connectivity index (χ3n) is 1.33. The van der Waals surface area contributed by atoms with E-state index in [2.05, 4.69) is 6.58 Å². The SMILES string of the molecule is C=C(C)C(=O)OC(C)COC(C)(C)O. The van der Waals surface area contributed by atoms with Crippen LogP contribution < -0.4 is 0 Å². The number of carbonyl (C=O) groups is 1. The molecular weight excluding hydrogens is 184 g/mol. The van der Waals surface area contributed by atoms with Crippen molar-refractivity contribution in [3.63, 3.8) is 0 Å². The largest absolute Gasteiger partial charge is 0.457 e. The van der Waals surface area contributed by atoms with Crippen LogP contribution in [0.3, 0.4) is 0 Å². The highest BCUT2D eigenvalue weighted by Gasteiger charge is 2.16. The number of ether oxygens (including phenoxy) is 2. The molecule has 0 rings (SSSR count). The lowest BCUT2D eigenvalue weighted by molar-refractivity contribution is -0.194. The molecule has 0 amide bonds. The highest BCUT2D eigenvalue weighted by atomic mass is 16.6. The Balaban J connectivity index is 3.82. The second kappa shape index (κ2) is 5.12. The Labute approximate surface area is 84.5 Å². The lowest BCUT2D eigenvalue weighted by Gasteiger charge is -2.21. The van der Waals surface area contributed by atoms with Crippen LogP contribution in [0.4, 0.5) is 0 Å². The van der Waals surface area contributed by atoms with E-state index in [4.69, 9.17) is 9.47 Å². The Morgan fingerprint density at radius 3 is 2.43 bits per heavy atom. The van der Waals surface area contributed by atoms with Crippen molar-refractivity contribution < 1.29 is 19.4 Å². The predicted molar refractivity (Wildman–Crippen MR) is 52.6 cm³/mol. The minimum absolute atomic E-state index is 0.155. The minimum atomic E-state index is -1.20. The van der Waals surface area contributed by atoms with Crippen LogP contribution in [-0.4, -0.2) is 29.6 Å². The summed E-state index contributed by atoms with van der Waals surface area (Å²) in [6, 6.07) is 0. The molecule has 4 nitrogen and oxygen atoms in total. The molecule has 0 saturated carbocycles. The Hall–Kier alpha value is -0.870. The number of aliphatic hydroxyl groups is 1. The number of esters is 1. The average Bonchev–Trinajstić information content (AvgIpc) is 1.99. The Morgan fingerprint density at radius 2 is 2.07 bits per heavy atom. The van der Waals surface area contributed by atoms with Crippen molar-refractivity contribution >= 4 is 5.97 Å². The summed E-state index contributed by atoms with van der Waals surface area (Å²) >= 11 is 0. The van der Waals surface area contributed by atoms with Crippen LogP contribution in [0.1, 0.15) is 27.7 Å². The molecule has 0 aromatic rings. The smallest absolute Gasteiger partial charge is 0.333 e. The van der Waals surface area contributed by atoms with Gasteiger partial charge in [-0.3, -0.25) is 0 Å². The van der Waals surface area contributed by atoms with Crippen molar-refractivity contribution in [2.75, 3.05) is 6.61 Å². The van der Waals surface area contributed by atoms with Gasteiger partial charge in [0.2, 0.25) is 0 Å². The van der Waals surface area contributed by atoms with Gasteiger partial charge in [-0.25, -0.2) is 4.79 Å². The van der Waals surface area contributed by atoms with Gasteiger partial charge in [-0.15, -0.1) is 0 Å². The molecule has 0 aromatic heterocycles. The van der Waals surface area contributed by atoms with Gasteiger partial charge in [-0.1, -0.05) is 6.58 Å². The molecule has 1 atom stereocenters.